The van der Waals surface area contributed by atoms with E-state index in [2.05, 4.69) is 204 Å². The van der Waals surface area contributed by atoms with Gasteiger partial charge in [0, 0.05) is 113 Å². The molecule has 0 atom stereocenters. The van der Waals surface area contributed by atoms with E-state index in [1.807, 2.05) is 127 Å². The molecule has 0 aliphatic rings. The van der Waals surface area contributed by atoms with Crippen LogP contribution in [-0.4, -0.2) is 117 Å². The number of thiocarbonyl (C=S) groups is 6. The number of hydrogen-bond acceptors (Lipinski definition) is 34. The number of nitrogens with zero attached hydrogens (tertiary/aromatic N) is 16. The summed E-state index contributed by atoms with van der Waals surface area (Å²) in [7, 11) is 0. The van der Waals surface area contributed by atoms with Gasteiger partial charge >= 0.3 is 0 Å². The van der Waals surface area contributed by atoms with Crippen LogP contribution in [-0.2, 0) is 73.4 Å². The number of halogens is 12. The maximum absolute atomic E-state index is 8.47. The van der Waals surface area contributed by atoms with Crippen LogP contribution >= 0.6 is 288 Å². The van der Waals surface area contributed by atoms with Crippen LogP contribution in [0.25, 0.3) is 0 Å². The highest BCUT2D eigenvalue weighted by Gasteiger charge is 2.02. The second-order valence-electron chi connectivity index (χ2n) is 22.4. The Balaban J connectivity index is -0.0000000779. The number of nitrogens with one attached hydrogen (secondary N) is 6. The van der Waals surface area contributed by atoms with Gasteiger partial charge in [0.05, 0.1) is 140 Å². The molecule has 0 unspecified atom stereocenters. The maximum atomic E-state index is 8.47. The quantitative estimate of drug-likeness (QED) is 0.00749. The molecule has 4 heterocycles. The summed E-state index contributed by atoms with van der Waals surface area (Å²) in [4.78, 5) is 16.3. The normalized spacial score (nSPS) is 7.96. The molecule has 0 amide bonds. The molecule has 0 bridgehead atoms. The summed E-state index contributed by atoms with van der Waals surface area (Å²) in [5.41, 5.74) is 97.4. The van der Waals surface area contributed by atoms with Crippen LogP contribution in [0.5, 0.6) is 0 Å². The third-order valence-electron chi connectivity index (χ3n) is 11.1. The van der Waals surface area contributed by atoms with Crippen molar-refractivity contribution < 1.29 is 0 Å². The van der Waals surface area contributed by atoms with E-state index in [-0.39, 0.29) is 142 Å². The van der Waals surface area contributed by atoms with Gasteiger partial charge in [-0.25, -0.2) is 0 Å². The molecule has 6 rings (SSSR count). The Bertz CT molecular complexity index is 4980. The largest absolute Gasteiger partial charge is 0.379 e. The highest BCUT2D eigenvalue weighted by Crippen LogP contribution is 2.15. The lowest BCUT2D eigenvalue weighted by molar-refractivity contribution is 1.09. The fraction of sp³-hybridized carbons (Fsp3) is 0.209. The van der Waals surface area contributed by atoms with Gasteiger partial charge in [0.2, 0.25) is 0 Å². The Morgan fingerprint density at radius 2 is 0.513 bits per heavy atom. The van der Waals surface area contributed by atoms with Crippen molar-refractivity contribution in [2.45, 2.75) is 73.4 Å². The van der Waals surface area contributed by atoms with E-state index < -0.39 is 0 Å². The molecular weight excluding hydrogens is 2400 g/mol. The Hall–Kier alpha value is -12.5. The monoisotopic (exact) mass is 2510 g/mol. The van der Waals surface area contributed by atoms with E-state index in [0.29, 0.717) is 102 Å². The molecule has 812 valence electrons. The summed E-state index contributed by atoms with van der Waals surface area (Å²) < 4.78 is 0. The van der Waals surface area contributed by atoms with Gasteiger partial charge in [0.15, 0.2) is 73.8 Å². The summed E-state index contributed by atoms with van der Waals surface area (Å²) in [5.74, 6) is 15.3. The zero-order valence-corrected chi connectivity index (χ0v) is 98.3. The third-order valence-corrected chi connectivity index (χ3v) is 16.8. The van der Waals surface area contributed by atoms with Gasteiger partial charge in [-0.1, -0.05) is 180 Å². The number of hydrogen-bond donors (Lipinski definition) is 24. The van der Waals surface area contributed by atoms with Crippen molar-refractivity contribution in [1.29, 1.82) is 95.6 Å². The van der Waals surface area contributed by atoms with E-state index in [0.717, 1.165) is 79.0 Å². The zero-order valence-electron chi connectivity index (χ0n) is 79.1. The Labute approximate surface area is 1000 Å². The van der Waals surface area contributed by atoms with Gasteiger partial charge in [0.25, 0.3) is 0 Å². The van der Waals surface area contributed by atoms with Crippen molar-refractivity contribution in [3.05, 3.63) is 238 Å². The molecule has 40 nitrogen and oxygen atoms in total. The van der Waals surface area contributed by atoms with E-state index in [1.165, 1.54) is 83.1 Å². The minimum Gasteiger partial charge on any atom is -0.379 e. The molecule has 150 heavy (non-hydrogen) atoms. The molecule has 0 spiro atoms. The van der Waals surface area contributed by atoms with Crippen LogP contribution < -0.4 is 103 Å². The highest BCUT2D eigenvalue weighted by molar-refractivity contribution is 8.14. The predicted octanol–water partition coefficient (Wildman–Crippen LogP) is 13.2. The van der Waals surface area contributed by atoms with Crippen LogP contribution in [0.1, 0.15) is 67.3 Å². The minimum absolute atomic E-state index is 0. The zero-order chi connectivity index (χ0) is 113. The first-order valence-electron chi connectivity index (χ1n) is 37.7. The molecule has 0 aliphatic carbocycles. The molecule has 0 radical (unpaired) electrons. The number of nitrogens with two attached hydrogens (primary N) is 18. The van der Waals surface area contributed by atoms with Crippen molar-refractivity contribution in [2.75, 3.05) is 34.9 Å². The number of nitriles is 12. The average molecular weight is 2520 g/mol. The van der Waals surface area contributed by atoms with E-state index in [9.17, 15) is 0 Å². The van der Waals surface area contributed by atoms with Crippen LogP contribution in [0.3, 0.4) is 0 Å². The number of allylic oxidation sites excluding steroid dienone is 6. The molecule has 0 aliphatic heterocycles. The number of thioether (sulfide) groups is 6. The summed E-state index contributed by atoms with van der Waals surface area (Å²) in [6, 6.07) is 53.3. The lowest BCUT2D eigenvalue weighted by atomic mass is 10.1. The maximum Gasteiger partial charge on any atom is 0.160 e. The Morgan fingerprint density at radius 3 is 0.753 bits per heavy atom. The standard InChI is InChI=1S/C10H11N3S.C9H8ClN.2C9H10N4S.2C8H7ClN2.2C5H7N3S.C5H5N3S.2C4H4ClN.C4H2ClN.6CH4N2S.6ClH/c11-6-5-8-1-3-9(4-2-8)7-14-10(12)13;10-7-9-3-1-8(2-4-9)5-6-11;10-4-3-8-2-1-7(5-13-8)6-14-9(11)12;10-4-3-7-1-2-8(13-5-7)6-14-9(11)12;9-5-7-1-2-8(3-4-10)11-6-7;9-5-8-2-1-7(3-4-10)6-11-8;3*6-3-1-2-4-9-5(7)8;3*5-3-1-2-4-6;6*2-1(3)4;;;;;;/h1-4H,5,7H2,(H3,12,13);1-4H,5,7H2;2*1-2,5H,3,6H2,(H3,11,12);2*1-2,6H,3,5H2;2*1-2H,4H2,(H3,7,8);4H2,(H3,7,8);2*1-2H,3H2;3H2;6*(H4,2,3,4);6*1H/b;;;;;;2-1+;2-1-;;2-1+;2-1-;;;;;;;;;;;;;. The Kier molecular flexibility index (Phi) is 173. The molecule has 64 heteroatoms. The van der Waals surface area contributed by atoms with E-state index >= 15 is 0 Å². The topological polar surface area (TPSA) is 948 Å². The lowest BCUT2D eigenvalue weighted by Gasteiger charge is -2.00. The fourth-order valence-electron chi connectivity index (χ4n) is 6.00. The first-order valence-corrected chi connectivity index (χ1v) is 49.3. The first-order chi connectivity index (χ1) is 68.2. The van der Waals surface area contributed by atoms with Crippen molar-refractivity contribution >= 4 is 350 Å². The second kappa shape index (κ2) is 145. The number of aromatic nitrogens is 4. The van der Waals surface area contributed by atoms with E-state index in [4.69, 9.17) is 200 Å². The van der Waals surface area contributed by atoms with Crippen LogP contribution in [0.2, 0.25) is 0 Å². The van der Waals surface area contributed by atoms with Gasteiger partial charge in [-0.05, 0) is 142 Å². The van der Waals surface area contributed by atoms with Crippen molar-refractivity contribution in [3.63, 3.8) is 0 Å². The third kappa shape index (κ3) is 190. The molecule has 0 fully saturated rings. The molecule has 0 saturated heterocycles. The summed E-state index contributed by atoms with van der Waals surface area (Å²) in [6.45, 7) is 0. The van der Waals surface area contributed by atoms with Crippen molar-refractivity contribution in [3.8, 4) is 96.5 Å². The molecule has 0 saturated carbocycles. The first kappa shape index (κ1) is 179. The average Bonchev–Trinajstić information content (AvgIpc) is 0.990. The number of benzene rings is 2. The second-order valence-corrected chi connectivity index (χ2v) is 33.2. The van der Waals surface area contributed by atoms with Gasteiger partial charge in [0.1, 0.15) is 0 Å². The summed E-state index contributed by atoms with van der Waals surface area (Å²) in [6.07, 6.45) is 21.1. The molecule has 4 aromatic heterocycles. The van der Waals surface area contributed by atoms with E-state index in [1.54, 1.807) is 73.4 Å². The molecular formula is C86H112Cl12N40S12. The van der Waals surface area contributed by atoms with Crippen LogP contribution in [0.15, 0.2) is 170 Å². The van der Waals surface area contributed by atoms with Gasteiger partial charge in [-0.3, -0.25) is 52.4 Å². The van der Waals surface area contributed by atoms with Crippen LogP contribution in [0.4, 0.5) is 0 Å². The number of amidine groups is 6. The molecule has 6 aromatic rings. The SMILES string of the molecule is Cl.Cl.Cl.Cl.Cl.Cl.N#C/C=C/CCl.N#C/C=C/CSC(=N)N.N#C/C=C\CCl.N#C/C=C\CSC(=N)N.N#CC#CCCl.N#CC#CCSC(=N)N.N#CCc1ccc(CCl)cc1.N#CCc1ccc(CCl)cn1.N#CCc1ccc(CCl)nc1.N#CCc1ccc(CSC(=N)N)cc1.N#CCc1ccc(CSC(=N)N)cn1.N#CCc1ccc(CSC(=N)N)nc1.NC(N)=S.NC(N)=S.NC(N)=S.NC(N)=S.NC(N)=S.NC(N)=S. The lowest BCUT2D eigenvalue weighted by Crippen LogP contribution is -2.18. The smallest absolute Gasteiger partial charge is 0.160 e. The van der Waals surface area contributed by atoms with Gasteiger partial charge in [-0.15, -0.1) is 144 Å². The predicted molar refractivity (Wildman–Crippen MR) is 664 cm³/mol. The van der Waals surface area contributed by atoms with Crippen molar-refractivity contribution in [1.82, 2.24) is 19.9 Å². The van der Waals surface area contributed by atoms with Gasteiger partial charge in [-0.2, -0.15) is 63.1 Å². The van der Waals surface area contributed by atoms with Crippen LogP contribution in [0, 0.1) is 192 Å². The number of pyridine rings is 4. The number of alkyl halides is 6. The summed E-state index contributed by atoms with van der Waals surface area (Å²) >= 11 is 63.9. The fourth-order valence-corrected chi connectivity index (χ4v) is 9.27. The molecule has 42 N–H and O–H groups in total. The summed E-state index contributed by atoms with van der Waals surface area (Å²) in [5, 5.41) is 139. The highest BCUT2D eigenvalue weighted by atomic mass is 35.5. The Morgan fingerprint density at radius 1 is 0.273 bits per heavy atom. The number of rotatable bonds is 22. The van der Waals surface area contributed by atoms with Crippen molar-refractivity contribution in [2.24, 2.45) is 103 Å². The minimum atomic E-state index is 0. The molecule has 2 aromatic carbocycles. The van der Waals surface area contributed by atoms with Gasteiger partial charge < -0.3 is 103 Å².